The second-order valence-corrected chi connectivity index (χ2v) is 9.79. The summed E-state index contributed by atoms with van der Waals surface area (Å²) in [5.74, 6) is -2.46. The zero-order chi connectivity index (χ0) is 28.5. The van der Waals surface area contributed by atoms with Gasteiger partial charge >= 0.3 is 23.8 Å². The van der Waals surface area contributed by atoms with E-state index in [0.717, 1.165) is 36.1 Å². The Morgan fingerprint density at radius 1 is 0.925 bits per heavy atom. The number of aryl methyl sites for hydroxylation is 1. The number of thiophene rings is 1. The zero-order valence-electron chi connectivity index (χ0n) is 22.2. The standard InChI is InChI=1S/C29H29N3O7S/c1-3-37-22-16-18(14-15-21(22)39-28(35)19-10-6-5-7-11-19)17-30-32-26(34)25(33)31-27-24(29(36)38-4-2)20-12-8-9-13-23(20)40-27/h5-7,10-11,14-17H,3-4,8-9,12-13H2,1-2H3,(H,31,33)(H,32,34)/b30-17-. The van der Waals surface area contributed by atoms with Crippen LogP contribution in [0.1, 0.15) is 63.4 Å². The molecule has 0 saturated carbocycles. The number of nitrogens with one attached hydrogen (secondary N) is 2. The number of ether oxygens (including phenoxy) is 3. The number of rotatable bonds is 9. The van der Waals surface area contributed by atoms with Crippen LogP contribution in [0.4, 0.5) is 5.00 Å². The van der Waals surface area contributed by atoms with Crippen molar-refractivity contribution in [1.82, 2.24) is 5.43 Å². The van der Waals surface area contributed by atoms with Crippen LogP contribution < -0.4 is 20.2 Å². The number of hydrogen-bond acceptors (Lipinski definition) is 9. The molecule has 3 aromatic rings. The molecule has 0 fully saturated rings. The van der Waals surface area contributed by atoms with Crippen LogP contribution in [-0.4, -0.2) is 43.2 Å². The van der Waals surface area contributed by atoms with Gasteiger partial charge in [-0.1, -0.05) is 18.2 Å². The predicted molar refractivity (Wildman–Crippen MR) is 150 cm³/mol. The van der Waals surface area contributed by atoms with Gasteiger partial charge in [-0.15, -0.1) is 11.3 Å². The SMILES string of the molecule is CCOC(=O)c1c(NC(=O)C(=O)N/N=C\c2ccc(OC(=O)c3ccccc3)c(OCC)c2)sc2c1CCCC2. The molecular weight excluding hydrogens is 534 g/mol. The first-order valence-corrected chi connectivity index (χ1v) is 13.7. The number of hydrogen-bond donors (Lipinski definition) is 2. The Labute approximate surface area is 235 Å². The van der Waals surface area contributed by atoms with Gasteiger partial charge < -0.3 is 19.5 Å². The molecule has 0 bridgehead atoms. The second-order valence-electron chi connectivity index (χ2n) is 8.68. The molecular formula is C29H29N3O7S. The number of carbonyl (C=O) groups is 4. The summed E-state index contributed by atoms with van der Waals surface area (Å²) >= 11 is 1.29. The molecule has 10 nitrogen and oxygen atoms in total. The molecule has 2 aromatic carbocycles. The number of esters is 2. The molecule has 208 valence electrons. The summed E-state index contributed by atoms with van der Waals surface area (Å²) < 4.78 is 16.3. The van der Waals surface area contributed by atoms with Gasteiger partial charge in [0.1, 0.15) is 5.00 Å². The van der Waals surface area contributed by atoms with Gasteiger partial charge in [0, 0.05) is 4.88 Å². The molecule has 1 aliphatic rings. The highest BCUT2D eigenvalue weighted by atomic mass is 32.1. The minimum Gasteiger partial charge on any atom is -0.490 e. The lowest BCUT2D eigenvalue weighted by molar-refractivity contribution is -0.136. The monoisotopic (exact) mass is 563 g/mol. The first-order chi connectivity index (χ1) is 19.4. The van der Waals surface area contributed by atoms with Crippen molar-refractivity contribution >= 4 is 46.3 Å². The van der Waals surface area contributed by atoms with E-state index in [1.165, 1.54) is 17.6 Å². The van der Waals surface area contributed by atoms with Crippen molar-refractivity contribution < 1.29 is 33.4 Å². The van der Waals surface area contributed by atoms with Crippen LogP contribution >= 0.6 is 11.3 Å². The third kappa shape index (κ3) is 6.92. The fourth-order valence-corrected chi connectivity index (χ4v) is 5.41. The average molecular weight is 564 g/mol. The summed E-state index contributed by atoms with van der Waals surface area (Å²) in [5.41, 5.74) is 4.31. The summed E-state index contributed by atoms with van der Waals surface area (Å²) in [6.07, 6.45) is 4.80. The lowest BCUT2D eigenvalue weighted by Crippen LogP contribution is -2.32. The van der Waals surface area contributed by atoms with Gasteiger partial charge in [0.25, 0.3) is 0 Å². The number of amides is 2. The molecule has 1 heterocycles. The molecule has 1 aromatic heterocycles. The second kappa shape index (κ2) is 13.5. The van der Waals surface area contributed by atoms with Gasteiger partial charge in [0.2, 0.25) is 0 Å². The Morgan fingerprint density at radius 2 is 1.70 bits per heavy atom. The van der Waals surface area contributed by atoms with Crippen LogP contribution in [0.5, 0.6) is 11.5 Å². The topological polar surface area (TPSA) is 132 Å². The largest absolute Gasteiger partial charge is 0.490 e. The van der Waals surface area contributed by atoms with Gasteiger partial charge in [-0.25, -0.2) is 15.0 Å². The van der Waals surface area contributed by atoms with E-state index < -0.39 is 23.8 Å². The van der Waals surface area contributed by atoms with E-state index in [1.54, 1.807) is 62.4 Å². The van der Waals surface area contributed by atoms with Gasteiger partial charge in [0.15, 0.2) is 11.5 Å². The lowest BCUT2D eigenvalue weighted by Gasteiger charge is -2.12. The third-order valence-electron chi connectivity index (χ3n) is 5.94. The summed E-state index contributed by atoms with van der Waals surface area (Å²) in [4.78, 5) is 51.1. The summed E-state index contributed by atoms with van der Waals surface area (Å²) in [6.45, 7) is 4.03. The number of anilines is 1. The lowest BCUT2D eigenvalue weighted by atomic mass is 9.95. The van der Waals surface area contributed by atoms with Crippen LogP contribution in [0, 0.1) is 0 Å². The maximum Gasteiger partial charge on any atom is 0.343 e. The van der Waals surface area contributed by atoms with E-state index in [4.69, 9.17) is 14.2 Å². The average Bonchev–Trinajstić information content (AvgIpc) is 3.32. The van der Waals surface area contributed by atoms with E-state index in [1.807, 2.05) is 0 Å². The number of hydrazone groups is 1. The van der Waals surface area contributed by atoms with Crippen molar-refractivity contribution in [3.63, 3.8) is 0 Å². The Morgan fingerprint density at radius 3 is 2.45 bits per heavy atom. The molecule has 0 radical (unpaired) electrons. The molecule has 0 spiro atoms. The minimum atomic E-state index is -1.00. The van der Waals surface area contributed by atoms with Crippen molar-refractivity contribution in [3.05, 3.63) is 75.7 Å². The molecule has 4 rings (SSSR count). The van der Waals surface area contributed by atoms with E-state index in [-0.39, 0.29) is 12.4 Å². The highest BCUT2D eigenvalue weighted by Crippen LogP contribution is 2.38. The number of benzene rings is 2. The van der Waals surface area contributed by atoms with Gasteiger partial charge in [-0.2, -0.15) is 5.10 Å². The Hall–Kier alpha value is -4.51. The Bertz CT molecular complexity index is 1430. The molecule has 0 atom stereocenters. The van der Waals surface area contributed by atoms with Crippen molar-refractivity contribution in [2.24, 2.45) is 5.10 Å². The highest BCUT2D eigenvalue weighted by molar-refractivity contribution is 7.17. The van der Waals surface area contributed by atoms with Crippen LogP contribution in [0.3, 0.4) is 0 Å². The molecule has 11 heteroatoms. The van der Waals surface area contributed by atoms with Crippen LogP contribution in [0.15, 0.2) is 53.6 Å². The third-order valence-corrected chi connectivity index (χ3v) is 7.15. The quantitative estimate of drug-likeness (QED) is 0.129. The van der Waals surface area contributed by atoms with E-state index >= 15 is 0 Å². The summed E-state index contributed by atoms with van der Waals surface area (Å²) in [5, 5.41) is 6.71. The van der Waals surface area contributed by atoms with Crippen molar-refractivity contribution in [2.75, 3.05) is 18.5 Å². The molecule has 40 heavy (non-hydrogen) atoms. The van der Waals surface area contributed by atoms with Crippen molar-refractivity contribution in [2.45, 2.75) is 39.5 Å². The van der Waals surface area contributed by atoms with E-state index in [0.29, 0.717) is 34.0 Å². The molecule has 2 N–H and O–H groups in total. The molecule has 1 aliphatic carbocycles. The molecule has 0 saturated heterocycles. The summed E-state index contributed by atoms with van der Waals surface area (Å²) in [6, 6.07) is 13.3. The van der Waals surface area contributed by atoms with E-state index in [2.05, 4.69) is 15.8 Å². The van der Waals surface area contributed by atoms with Crippen molar-refractivity contribution in [3.8, 4) is 11.5 Å². The smallest absolute Gasteiger partial charge is 0.343 e. The molecule has 2 amide bonds. The first kappa shape index (κ1) is 28.5. The number of nitrogens with zero attached hydrogens (tertiary/aromatic N) is 1. The highest BCUT2D eigenvalue weighted by Gasteiger charge is 2.28. The number of fused-ring (bicyclic) bond motifs is 1. The van der Waals surface area contributed by atoms with Gasteiger partial charge in [0.05, 0.1) is 30.6 Å². The molecule has 0 unspecified atom stereocenters. The maximum absolute atomic E-state index is 12.6. The summed E-state index contributed by atoms with van der Waals surface area (Å²) in [7, 11) is 0. The predicted octanol–water partition coefficient (Wildman–Crippen LogP) is 4.51. The van der Waals surface area contributed by atoms with Gasteiger partial charge in [-0.05, 0) is 81.0 Å². The fraction of sp³-hybridized carbons (Fsp3) is 0.276. The fourth-order valence-electron chi connectivity index (χ4n) is 4.14. The van der Waals surface area contributed by atoms with Crippen LogP contribution in [0.25, 0.3) is 0 Å². The Kier molecular flexibility index (Phi) is 9.63. The van der Waals surface area contributed by atoms with E-state index in [9.17, 15) is 19.2 Å². The van der Waals surface area contributed by atoms with Gasteiger partial charge in [-0.3, -0.25) is 9.59 Å². The zero-order valence-corrected chi connectivity index (χ0v) is 23.0. The number of carbonyl (C=O) groups excluding carboxylic acids is 4. The molecule has 0 aliphatic heterocycles. The minimum absolute atomic E-state index is 0.202. The first-order valence-electron chi connectivity index (χ1n) is 12.9. The van der Waals surface area contributed by atoms with Crippen molar-refractivity contribution in [1.29, 1.82) is 0 Å². The van der Waals surface area contributed by atoms with Crippen LogP contribution in [0.2, 0.25) is 0 Å². The Balaban J connectivity index is 1.41. The maximum atomic E-state index is 12.6. The van der Waals surface area contributed by atoms with Crippen LogP contribution in [-0.2, 0) is 27.2 Å². The normalized spacial score (nSPS) is 12.3.